The molecule has 0 bridgehead atoms. The molecule has 4 rings (SSSR count). The zero-order valence-corrected chi connectivity index (χ0v) is 14.0. The first-order valence-electron chi connectivity index (χ1n) is 7.61. The van der Waals surface area contributed by atoms with E-state index in [1.807, 2.05) is 53.6 Å². The van der Waals surface area contributed by atoms with Gasteiger partial charge in [-0.3, -0.25) is 9.78 Å². The van der Waals surface area contributed by atoms with Crippen LogP contribution in [0, 0.1) is 0 Å². The van der Waals surface area contributed by atoms with Crippen molar-refractivity contribution in [3.63, 3.8) is 0 Å². The van der Waals surface area contributed by atoms with Gasteiger partial charge in [0.25, 0.3) is 5.91 Å². The first-order chi connectivity index (χ1) is 11.2. The minimum Gasteiger partial charge on any atom is -0.337 e. The van der Waals surface area contributed by atoms with E-state index in [4.69, 9.17) is 11.6 Å². The van der Waals surface area contributed by atoms with E-state index < -0.39 is 0 Å². The number of rotatable bonds is 2. The van der Waals surface area contributed by atoms with E-state index in [0.29, 0.717) is 22.4 Å². The molecule has 0 aliphatic carbocycles. The second-order valence-corrected chi connectivity index (χ2v) is 7.16. The molecule has 1 amide bonds. The molecule has 1 aromatic carbocycles. The summed E-state index contributed by atoms with van der Waals surface area (Å²) in [6.07, 6.45) is 2.76. The maximum absolute atomic E-state index is 12.8. The molecule has 23 heavy (non-hydrogen) atoms. The third-order valence-corrected chi connectivity index (χ3v) is 5.97. The minimum atomic E-state index is 0.0367. The summed E-state index contributed by atoms with van der Waals surface area (Å²) in [5.41, 5.74) is 1.06. The number of fused-ring (bicyclic) bond motifs is 1. The number of thiophene rings is 1. The molecule has 1 fully saturated rings. The van der Waals surface area contributed by atoms with E-state index in [1.54, 1.807) is 0 Å². The van der Waals surface area contributed by atoms with Gasteiger partial charge in [0.15, 0.2) is 0 Å². The number of pyridine rings is 1. The largest absolute Gasteiger partial charge is 0.337 e. The number of carbonyl (C=O) groups excluding carboxylic acids is 1. The smallest absolute Gasteiger partial charge is 0.265 e. The molecular formula is C18H15ClN2OS. The lowest BCUT2D eigenvalue weighted by Gasteiger charge is -2.15. The Bertz CT molecular complexity index is 862. The molecule has 2 aromatic heterocycles. The average Bonchev–Trinajstić information content (AvgIpc) is 3.21. The second kappa shape index (κ2) is 5.95. The van der Waals surface area contributed by atoms with Crippen LogP contribution in [0.2, 0.25) is 5.02 Å². The van der Waals surface area contributed by atoms with Crippen LogP contribution in [0.4, 0.5) is 0 Å². The Hall–Kier alpha value is -1.91. The van der Waals surface area contributed by atoms with E-state index in [0.717, 1.165) is 28.7 Å². The molecule has 3 aromatic rings. The van der Waals surface area contributed by atoms with Crippen LogP contribution in [-0.4, -0.2) is 28.9 Å². The number of nitrogens with zero attached hydrogens (tertiary/aromatic N) is 2. The Morgan fingerprint density at radius 1 is 1.22 bits per heavy atom. The number of carbonyl (C=O) groups is 1. The molecule has 0 unspecified atom stereocenters. The Labute approximate surface area is 143 Å². The Morgan fingerprint density at radius 3 is 2.83 bits per heavy atom. The molecule has 0 spiro atoms. The summed E-state index contributed by atoms with van der Waals surface area (Å²) in [5, 5.41) is 1.54. The number of aromatic nitrogens is 1. The third-order valence-electron chi connectivity index (χ3n) is 4.31. The summed E-state index contributed by atoms with van der Waals surface area (Å²) < 4.78 is 1.06. The highest BCUT2D eigenvalue weighted by Gasteiger charge is 2.30. The first kappa shape index (κ1) is 14.7. The van der Waals surface area contributed by atoms with Crippen molar-refractivity contribution in [3.05, 3.63) is 64.3 Å². The number of likely N-dealkylation sites (tertiary alicyclic amines) is 1. The van der Waals surface area contributed by atoms with Gasteiger partial charge in [0.05, 0.1) is 5.02 Å². The van der Waals surface area contributed by atoms with Crippen molar-refractivity contribution in [1.29, 1.82) is 0 Å². The number of hydrogen-bond acceptors (Lipinski definition) is 3. The van der Waals surface area contributed by atoms with Crippen molar-refractivity contribution in [3.8, 4) is 0 Å². The van der Waals surface area contributed by atoms with Crippen LogP contribution < -0.4 is 0 Å². The maximum Gasteiger partial charge on any atom is 0.265 e. The van der Waals surface area contributed by atoms with Crippen LogP contribution in [0.5, 0.6) is 0 Å². The molecule has 3 heterocycles. The van der Waals surface area contributed by atoms with Crippen molar-refractivity contribution in [2.75, 3.05) is 13.1 Å². The fourth-order valence-electron chi connectivity index (χ4n) is 3.10. The van der Waals surface area contributed by atoms with E-state index in [9.17, 15) is 4.79 Å². The molecule has 5 heteroatoms. The zero-order chi connectivity index (χ0) is 15.8. The summed E-state index contributed by atoms with van der Waals surface area (Å²) in [4.78, 5) is 19.8. The fourth-order valence-corrected chi connectivity index (χ4v) is 4.58. The normalized spacial score (nSPS) is 17.8. The van der Waals surface area contributed by atoms with Crippen LogP contribution in [-0.2, 0) is 0 Å². The van der Waals surface area contributed by atoms with E-state index >= 15 is 0 Å². The number of hydrogen-bond donors (Lipinski definition) is 0. The van der Waals surface area contributed by atoms with Gasteiger partial charge >= 0.3 is 0 Å². The van der Waals surface area contributed by atoms with E-state index in [1.165, 1.54) is 11.3 Å². The molecule has 1 aliphatic rings. The summed E-state index contributed by atoms with van der Waals surface area (Å²) >= 11 is 7.91. The molecule has 1 saturated heterocycles. The summed E-state index contributed by atoms with van der Waals surface area (Å²) in [5.74, 6) is 0.350. The zero-order valence-electron chi connectivity index (χ0n) is 12.4. The maximum atomic E-state index is 12.8. The van der Waals surface area contributed by atoms with E-state index in [-0.39, 0.29) is 5.91 Å². The summed E-state index contributed by atoms with van der Waals surface area (Å²) in [7, 11) is 0. The lowest BCUT2D eigenvalue weighted by Crippen LogP contribution is -2.28. The van der Waals surface area contributed by atoms with Crippen LogP contribution in [0.25, 0.3) is 10.1 Å². The Morgan fingerprint density at radius 2 is 2.04 bits per heavy atom. The van der Waals surface area contributed by atoms with Crippen molar-refractivity contribution < 1.29 is 4.79 Å². The number of halogens is 1. The average molecular weight is 343 g/mol. The highest BCUT2D eigenvalue weighted by Crippen LogP contribution is 2.37. The summed E-state index contributed by atoms with van der Waals surface area (Å²) in [6.45, 7) is 1.46. The molecule has 0 N–H and O–H groups in total. The minimum absolute atomic E-state index is 0.0367. The first-order valence-corrected chi connectivity index (χ1v) is 8.80. The molecule has 0 radical (unpaired) electrons. The van der Waals surface area contributed by atoms with Crippen LogP contribution in [0.3, 0.4) is 0 Å². The highest BCUT2D eigenvalue weighted by molar-refractivity contribution is 7.21. The SMILES string of the molecule is O=C(c1sc2ccccc2c1Cl)N1CC[C@@H](c2ccccn2)C1. The van der Waals surface area contributed by atoms with Crippen LogP contribution in [0.15, 0.2) is 48.7 Å². The fraction of sp³-hybridized carbons (Fsp3) is 0.222. The third kappa shape index (κ3) is 2.62. The van der Waals surface area contributed by atoms with Gasteiger partial charge in [0, 0.05) is 41.0 Å². The van der Waals surface area contributed by atoms with Gasteiger partial charge in [-0.25, -0.2) is 0 Å². The lowest BCUT2D eigenvalue weighted by atomic mass is 10.0. The van der Waals surface area contributed by atoms with Gasteiger partial charge in [-0.1, -0.05) is 35.9 Å². The highest BCUT2D eigenvalue weighted by atomic mass is 35.5. The van der Waals surface area contributed by atoms with Crippen LogP contribution >= 0.6 is 22.9 Å². The Kier molecular flexibility index (Phi) is 3.79. The number of amides is 1. The lowest BCUT2D eigenvalue weighted by molar-refractivity contribution is 0.0795. The van der Waals surface area contributed by atoms with Crippen molar-refractivity contribution in [1.82, 2.24) is 9.88 Å². The van der Waals surface area contributed by atoms with Gasteiger partial charge in [0.1, 0.15) is 4.88 Å². The molecule has 1 atom stereocenters. The Balaban J connectivity index is 1.59. The molecule has 1 aliphatic heterocycles. The van der Waals surface area contributed by atoms with Crippen LogP contribution in [0.1, 0.15) is 27.7 Å². The predicted octanol–water partition coefficient (Wildman–Crippen LogP) is 4.58. The molecule has 0 saturated carbocycles. The van der Waals surface area contributed by atoms with Gasteiger partial charge in [0.2, 0.25) is 0 Å². The second-order valence-electron chi connectivity index (χ2n) is 5.73. The molecular weight excluding hydrogens is 328 g/mol. The van der Waals surface area contributed by atoms with Gasteiger partial charge < -0.3 is 4.90 Å². The number of benzene rings is 1. The molecule has 3 nitrogen and oxygen atoms in total. The van der Waals surface area contributed by atoms with E-state index in [2.05, 4.69) is 4.98 Å². The quantitative estimate of drug-likeness (QED) is 0.683. The van der Waals surface area contributed by atoms with Crippen molar-refractivity contribution >= 4 is 38.9 Å². The topological polar surface area (TPSA) is 33.2 Å². The van der Waals surface area contributed by atoms with Crippen molar-refractivity contribution in [2.45, 2.75) is 12.3 Å². The van der Waals surface area contributed by atoms with Crippen molar-refractivity contribution in [2.24, 2.45) is 0 Å². The van der Waals surface area contributed by atoms with Gasteiger partial charge in [-0.05, 0) is 24.6 Å². The predicted molar refractivity (Wildman–Crippen MR) is 94.3 cm³/mol. The molecule has 116 valence electrons. The monoisotopic (exact) mass is 342 g/mol. The summed E-state index contributed by atoms with van der Waals surface area (Å²) in [6, 6.07) is 13.8. The van der Waals surface area contributed by atoms with Gasteiger partial charge in [-0.15, -0.1) is 11.3 Å². The standard InChI is InChI=1S/C18H15ClN2OS/c19-16-13-5-1-2-7-15(13)23-17(16)18(22)21-10-8-12(11-21)14-6-3-4-9-20-14/h1-7,9,12H,8,10-11H2/t12-/m1/s1. The van der Waals surface area contributed by atoms with Gasteiger partial charge in [-0.2, -0.15) is 0 Å².